The van der Waals surface area contributed by atoms with Crippen LogP contribution in [0.15, 0.2) is 0 Å². The third-order valence-electron chi connectivity index (χ3n) is 3.38. The quantitative estimate of drug-likeness (QED) is 0.517. The van der Waals surface area contributed by atoms with Crippen LogP contribution in [0, 0.1) is 5.92 Å². The first kappa shape index (κ1) is 13.3. The molecule has 1 heterocycles. The molecular weight excluding hydrogens is 210 g/mol. The number of hydrogen-bond donors (Lipinski definition) is 0. The number of rotatable bonds is 6. The second kappa shape index (κ2) is 7.48. The molecule has 0 aromatic carbocycles. The highest BCUT2D eigenvalue weighted by Gasteiger charge is 2.25. The van der Waals surface area contributed by atoms with Crippen LogP contribution >= 0.6 is 11.6 Å². The summed E-state index contributed by atoms with van der Waals surface area (Å²) in [4.78, 5) is 2.53. The third-order valence-corrected chi connectivity index (χ3v) is 3.65. The van der Waals surface area contributed by atoms with Gasteiger partial charge >= 0.3 is 0 Å². The summed E-state index contributed by atoms with van der Waals surface area (Å²) in [6.45, 7) is 5.85. The first-order chi connectivity index (χ1) is 7.27. The lowest BCUT2D eigenvalue weighted by molar-refractivity contribution is -0.00522. The van der Waals surface area contributed by atoms with Gasteiger partial charge in [-0.25, -0.2) is 0 Å². The Hall–Kier alpha value is 0.210. The van der Waals surface area contributed by atoms with Gasteiger partial charge in [-0.05, 0) is 38.3 Å². The summed E-state index contributed by atoms with van der Waals surface area (Å²) in [5.74, 6) is 1.52. The lowest BCUT2D eigenvalue weighted by atomic mass is 9.95. The standard InChI is InChI=1S/C12H24ClNO/c1-11-6-9-14(10-12(11)15-2)8-5-3-4-7-13/h11-12H,3-10H2,1-2H3. The van der Waals surface area contributed by atoms with E-state index in [-0.39, 0.29) is 0 Å². The molecule has 1 saturated heterocycles. The van der Waals surface area contributed by atoms with E-state index in [9.17, 15) is 0 Å². The van der Waals surface area contributed by atoms with Crippen LogP contribution in [0.25, 0.3) is 0 Å². The summed E-state index contributed by atoms with van der Waals surface area (Å²) in [5, 5.41) is 0. The minimum Gasteiger partial charge on any atom is -0.380 e. The maximum atomic E-state index is 5.65. The summed E-state index contributed by atoms with van der Waals surface area (Å²) in [7, 11) is 1.83. The number of methoxy groups -OCH3 is 1. The van der Waals surface area contributed by atoms with Gasteiger partial charge in [0, 0.05) is 19.5 Å². The molecule has 0 N–H and O–H groups in total. The van der Waals surface area contributed by atoms with Crippen molar-refractivity contribution in [3.63, 3.8) is 0 Å². The van der Waals surface area contributed by atoms with E-state index in [0.29, 0.717) is 12.0 Å². The average Bonchev–Trinajstić information content (AvgIpc) is 2.26. The molecule has 0 aromatic heterocycles. The third kappa shape index (κ3) is 4.71. The van der Waals surface area contributed by atoms with E-state index in [4.69, 9.17) is 16.3 Å². The van der Waals surface area contributed by atoms with Crippen molar-refractivity contribution < 1.29 is 4.74 Å². The lowest BCUT2D eigenvalue weighted by Crippen LogP contribution is -2.44. The number of ether oxygens (including phenoxy) is 1. The number of alkyl halides is 1. The molecule has 0 saturated carbocycles. The number of hydrogen-bond acceptors (Lipinski definition) is 2. The second-order valence-electron chi connectivity index (χ2n) is 4.59. The van der Waals surface area contributed by atoms with Crippen molar-refractivity contribution in [1.82, 2.24) is 4.90 Å². The Kier molecular flexibility index (Phi) is 6.62. The van der Waals surface area contributed by atoms with Crippen LogP contribution in [0.1, 0.15) is 32.6 Å². The molecule has 15 heavy (non-hydrogen) atoms. The van der Waals surface area contributed by atoms with Gasteiger partial charge in [0.2, 0.25) is 0 Å². The number of nitrogens with zero attached hydrogens (tertiary/aromatic N) is 1. The molecule has 0 radical (unpaired) electrons. The molecule has 90 valence electrons. The van der Waals surface area contributed by atoms with Crippen molar-refractivity contribution in [2.75, 3.05) is 32.6 Å². The Morgan fingerprint density at radius 3 is 2.80 bits per heavy atom. The fraction of sp³-hybridized carbons (Fsp3) is 1.00. The molecule has 2 unspecified atom stereocenters. The average molecular weight is 234 g/mol. The topological polar surface area (TPSA) is 12.5 Å². The number of halogens is 1. The van der Waals surface area contributed by atoms with Crippen molar-refractivity contribution in [3.05, 3.63) is 0 Å². The first-order valence-electron chi connectivity index (χ1n) is 6.09. The number of likely N-dealkylation sites (tertiary alicyclic amines) is 1. The molecule has 3 heteroatoms. The van der Waals surface area contributed by atoms with E-state index < -0.39 is 0 Å². The summed E-state index contributed by atoms with van der Waals surface area (Å²) < 4.78 is 5.50. The van der Waals surface area contributed by atoms with E-state index in [1.165, 1.54) is 32.4 Å². The molecule has 1 rings (SSSR count). The minimum absolute atomic E-state index is 0.437. The predicted octanol–water partition coefficient (Wildman–Crippen LogP) is 2.75. The Morgan fingerprint density at radius 2 is 2.13 bits per heavy atom. The molecule has 1 fully saturated rings. The predicted molar refractivity (Wildman–Crippen MR) is 65.6 cm³/mol. The summed E-state index contributed by atoms with van der Waals surface area (Å²) in [6.07, 6.45) is 5.39. The fourth-order valence-electron chi connectivity index (χ4n) is 2.21. The molecule has 0 aromatic rings. The number of unbranched alkanes of at least 4 members (excludes halogenated alkanes) is 2. The molecule has 0 bridgehead atoms. The summed E-state index contributed by atoms with van der Waals surface area (Å²) >= 11 is 5.65. The van der Waals surface area contributed by atoms with Crippen LogP contribution in [-0.4, -0.2) is 43.6 Å². The zero-order valence-electron chi connectivity index (χ0n) is 10.0. The van der Waals surface area contributed by atoms with Crippen molar-refractivity contribution in [2.45, 2.75) is 38.7 Å². The highest BCUT2D eigenvalue weighted by molar-refractivity contribution is 6.17. The Labute approximate surface area is 98.9 Å². The van der Waals surface area contributed by atoms with E-state index in [0.717, 1.165) is 18.8 Å². The molecule has 2 nitrogen and oxygen atoms in total. The smallest absolute Gasteiger partial charge is 0.0724 e. The van der Waals surface area contributed by atoms with Crippen LogP contribution in [0.3, 0.4) is 0 Å². The highest BCUT2D eigenvalue weighted by Crippen LogP contribution is 2.19. The van der Waals surface area contributed by atoms with Gasteiger partial charge in [-0.1, -0.05) is 13.3 Å². The molecular formula is C12H24ClNO. The normalized spacial score (nSPS) is 28.2. The summed E-state index contributed by atoms with van der Waals surface area (Å²) in [6, 6.07) is 0. The summed E-state index contributed by atoms with van der Waals surface area (Å²) in [5.41, 5.74) is 0. The Balaban J connectivity index is 2.14. The van der Waals surface area contributed by atoms with Gasteiger partial charge in [-0.15, -0.1) is 11.6 Å². The van der Waals surface area contributed by atoms with Gasteiger partial charge in [0.15, 0.2) is 0 Å². The van der Waals surface area contributed by atoms with Crippen molar-refractivity contribution in [2.24, 2.45) is 5.92 Å². The Bertz CT molecular complexity index is 166. The molecule has 2 atom stereocenters. The van der Waals surface area contributed by atoms with E-state index >= 15 is 0 Å². The van der Waals surface area contributed by atoms with Crippen LogP contribution < -0.4 is 0 Å². The fourth-order valence-corrected chi connectivity index (χ4v) is 2.40. The van der Waals surface area contributed by atoms with Gasteiger partial charge in [-0.2, -0.15) is 0 Å². The van der Waals surface area contributed by atoms with Gasteiger partial charge in [-0.3, -0.25) is 0 Å². The van der Waals surface area contributed by atoms with Gasteiger partial charge in [0.25, 0.3) is 0 Å². The minimum atomic E-state index is 0.437. The van der Waals surface area contributed by atoms with Crippen molar-refractivity contribution in [1.29, 1.82) is 0 Å². The van der Waals surface area contributed by atoms with Crippen LogP contribution in [0.5, 0.6) is 0 Å². The van der Waals surface area contributed by atoms with Gasteiger partial charge in [0.05, 0.1) is 6.10 Å². The number of piperidine rings is 1. The second-order valence-corrected chi connectivity index (χ2v) is 4.97. The van der Waals surface area contributed by atoms with E-state index in [2.05, 4.69) is 11.8 Å². The largest absolute Gasteiger partial charge is 0.380 e. The van der Waals surface area contributed by atoms with Gasteiger partial charge in [0.1, 0.15) is 0 Å². The molecule has 1 aliphatic rings. The lowest BCUT2D eigenvalue weighted by Gasteiger charge is -2.36. The zero-order valence-corrected chi connectivity index (χ0v) is 10.8. The zero-order chi connectivity index (χ0) is 11.1. The molecule has 0 aliphatic carbocycles. The maximum absolute atomic E-state index is 5.65. The molecule has 0 spiro atoms. The van der Waals surface area contributed by atoms with Crippen molar-refractivity contribution >= 4 is 11.6 Å². The van der Waals surface area contributed by atoms with Crippen LogP contribution in [0.4, 0.5) is 0 Å². The SMILES string of the molecule is COC1CN(CCCCCCl)CCC1C. The van der Waals surface area contributed by atoms with Crippen molar-refractivity contribution in [3.8, 4) is 0 Å². The van der Waals surface area contributed by atoms with Crippen LogP contribution in [0.2, 0.25) is 0 Å². The van der Waals surface area contributed by atoms with E-state index in [1.54, 1.807) is 0 Å². The molecule has 0 amide bonds. The first-order valence-corrected chi connectivity index (χ1v) is 6.62. The Morgan fingerprint density at radius 1 is 1.33 bits per heavy atom. The maximum Gasteiger partial charge on any atom is 0.0724 e. The monoisotopic (exact) mass is 233 g/mol. The highest BCUT2D eigenvalue weighted by atomic mass is 35.5. The van der Waals surface area contributed by atoms with Gasteiger partial charge < -0.3 is 9.64 Å². The van der Waals surface area contributed by atoms with Crippen LogP contribution in [-0.2, 0) is 4.74 Å². The molecule has 1 aliphatic heterocycles. The van der Waals surface area contributed by atoms with E-state index in [1.807, 2.05) is 7.11 Å².